The van der Waals surface area contributed by atoms with Crippen LogP contribution in [0, 0.1) is 5.92 Å². The zero-order chi connectivity index (χ0) is 11.1. The van der Waals surface area contributed by atoms with Crippen LogP contribution in [-0.2, 0) is 6.54 Å². The quantitative estimate of drug-likeness (QED) is 0.749. The van der Waals surface area contributed by atoms with Crippen molar-refractivity contribution < 1.29 is 0 Å². The summed E-state index contributed by atoms with van der Waals surface area (Å²) >= 11 is 0. The van der Waals surface area contributed by atoms with Gasteiger partial charge in [0.15, 0.2) is 0 Å². The van der Waals surface area contributed by atoms with Crippen molar-refractivity contribution in [3.8, 4) is 0 Å². The van der Waals surface area contributed by atoms with E-state index in [2.05, 4.69) is 34.2 Å². The summed E-state index contributed by atoms with van der Waals surface area (Å²) in [7, 11) is 4.08. The van der Waals surface area contributed by atoms with Gasteiger partial charge in [-0.3, -0.25) is 4.90 Å². The lowest BCUT2D eigenvalue weighted by Crippen LogP contribution is -2.29. The molecule has 4 nitrogen and oxygen atoms in total. The van der Waals surface area contributed by atoms with Crippen molar-refractivity contribution in [3.05, 3.63) is 24.3 Å². The summed E-state index contributed by atoms with van der Waals surface area (Å²) in [4.78, 5) is 10.7. The Hall–Kier alpha value is -1.00. The van der Waals surface area contributed by atoms with E-state index in [0.717, 1.165) is 25.5 Å². The molecule has 0 bridgehead atoms. The lowest BCUT2D eigenvalue weighted by molar-refractivity contribution is 0.270. The Morgan fingerprint density at radius 1 is 1.40 bits per heavy atom. The second kappa shape index (κ2) is 6.48. The molecule has 15 heavy (non-hydrogen) atoms. The van der Waals surface area contributed by atoms with Crippen molar-refractivity contribution >= 4 is 0 Å². The zero-order valence-corrected chi connectivity index (χ0v) is 9.77. The minimum Gasteiger partial charge on any atom is -0.319 e. The van der Waals surface area contributed by atoms with Crippen molar-refractivity contribution in [1.29, 1.82) is 0 Å². The molecule has 1 heterocycles. The first-order valence-corrected chi connectivity index (χ1v) is 5.31. The Balaban J connectivity index is 2.33. The van der Waals surface area contributed by atoms with Crippen LogP contribution in [-0.4, -0.2) is 42.1 Å². The van der Waals surface area contributed by atoms with Crippen LogP contribution in [0.25, 0.3) is 0 Å². The maximum Gasteiger partial charge on any atom is 0.142 e. The summed E-state index contributed by atoms with van der Waals surface area (Å²) in [6.45, 7) is 5.15. The molecule has 0 radical (unpaired) electrons. The predicted octanol–water partition coefficient (Wildman–Crippen LogP) is 0.764. The molecule has 4 heteroatoms. The van der Waals surface area contributed by atoms with Crippen molar-refractivity contribution in [2.45, 2.75) is 13.5 Å². The van der Waals surface area contributed by atoms with Crippen molar-refractivity contribution in [2.24, 2.45) is 5.92 Å². The predicted molar refractivity (Wildman–Crippen MR) is 61.5 cm³/mol. The molecule has 0 saturated heterocycles. The van der Waals surface area contributed by atoms with Crippen LogP contribution in [0.4, 0.5) is 0 Å². The molecule has 1 rings (SSSR count). The number of nitrogens with one attached hydrogen (secondary N) is 1. The van der Waals surface area contributed by atoms with E-state index in [1.807, 2.05) is 13.1 Å². The molecule has 0 aliphatic heterocycles. The van der Waals surface area contributed by atoms with Gasteiger partial charge in [-0.2, -0.15) is 0 Å². The Labute approximate surface area is 91.7 Å². The van der Waals surface area contributed by atoms with E-state index in [1.165, 1.54) is 0 Å². The fourth-order valence-electron chi connectivity index (χ4n) is 1.66. The highest BCUT2D eigenvalue weighted by Crippen LogP contribution is 2.00. The Bertz CT molecular complexity index is 263. The van der Waals surface area contributed by atoms with Crippen LogP contribution < -0.4 is 5.32 Å². The largest absolute Gasteiger partial charge is 0.319 e. The Kier molecular flexibility index (Phi) is 5.21. The summed E-state index contributed by atoms with van der Waals surface area (Å²) < 4.78 is 0. The van der Waals surface area contributed by atoms with Crippen LogP contribution in [0.3, 0.4) is 0 Å². The average Bonchev–Trinajstić information content (AvgIpc) is 2.19. The lowest BCUT2D eigenvalue weighted by Gasteiger charge is -2.20. The molecule has 1 atom stereocenters. The third-order valence-corrected chi connectivity index (χ3v) is 2.21. The number of hydrogen-bond donors (Lipinski definition) is 1. The minimum absolute atomic E-state index is 0.642. The van der Waals surface area contributed by atoms with E-state index in [1.54, 1.807) is 12.4 Å². The van der Waals surface area contributed by atoms with Crippen LogP contribution in [0.2, 0.25) is 0 Å². The van der Waals surface area contributed by atoms with Gasteiger partial charge in [-0.1, -0.05) is 6.92 Å². The van der Waals surface area contributed by atoms with Gasteiger partial charge in [0.1, 0.15) is 5.82 Å². The third-order valence-electron chi connectivity index (χ3n) is 2.21. The second-order valence-electron chi connectivity index (χ2n) is 4.02. The van der Waals surface area contributed by atoms with Gasteiger partial charge in [0.2, 0.25) is 0 Å². The van der Waals surface area contributed by atoms with Gasteiger partial charge in [-0.05, 0) is 32.6 Å². The molecule has 0 amide bonds. The zero-order valence-electron chi connectivity index (χ0n) is 9.77. The SMILES string of the molecule is CNCC(C)CN(C)Cc1ncccn1. The van der Waals surface area contributed by atoms with Crippen molar-refractivity contribution in [3.63, 3.8) is 0 Å². The smallest absolute Gasteiger partial charge is 0.142 e. The number of rotatable bonds is 6. The molecular weight excluding hydrogens is 188 g/mol. The van der Waals surface area contributed by atoms with E-state index < -0.39 is 0 Å². The molecule has 0 aromatic carbocycles. The van der Waals surface area contributed by atoms with Crippen LogP contribution in [0.5, 0.6) is 0 Å². The molecule has 1 N–H and O–H groups in total. The molecule has 1 aromatic heterocycles. The Morgan fingerprint density at radius 2 is 2.07 bits per heavy atom. The summed E-state index contributed by atoms with van der Waals surface area (Å²) in [6.07, 6.45) is 3.57. The summed E-state index contributed by atoms with van der Waals surface area (Å²) in [6, 6.07) is 1.84. The van der Waals surface area contributed by atoms with Crippen LogP contribution in [0.1, 0.15) is 12.7 Å². The first-order valence-electron chi connectivity index (χ1n) is 5.31. The first kappa shape index (κ1) is 12.1. The average molecular weight is 208 g/mol. The first-order chi connectivity index (χ1) is 7.22. The number of hydrogen-bond acceptors (Lipinski definition) is 4. The molecule has 1 unspecified atom stereocenters. The van der Waals surface area contributed by atoms with Gasteiger partial charge in [0, 0.05) is 18.9 Å². The molecule has 0 spiro atoms. The number of aromatic nitrogens is 2. The Morgan fingerprint density at radius 3 is 2.67 bits per heavy atom. The van der Waals surface area contributed by atoms with Gasteiger partial charge in [0.25, 0.3) is 0 Å². The van der Waals surface area contributed by atoms with Crippen LogP contribution >= 0.6 is 0 Å². The minimum atomic E-state index is 0.642. The molecule has 0 aliphatic carbocycles. The van der Waals surface area contributed by atoms with E-state index in [-0.39, 0.29) is 0 Å². The lowest BCUT2D eigenvalue weighted by atomic mass is 10.1. The van der Waals surface area contributed by atoms with Crippen LogP contribution in [0.15, 0.2) is 18.5 Å². The highest BCUT2D eigenvalue weighted by molar-refractivity contribution is 4.88. The summed E-state index contributed by atoms with van der Waals surface area (Å²) in [5, 5.41) is 3.18. The van der Waals surface area contributed by atoms with Gasteiger partial charge >= 0.3 is 0 Å². The van der Waals surface area contributed by atoms with E-state index in [4.69, 9.17) is 0 Å². The van der Waals surface area contributed by atoms with Gasteiger partial charge in [0.05, 0.1) is 6.54 Å². The van der Waals surface area contributed by atoms with Gasteiger partial charge in [-0.15, -0.1) is 0 Å². The third kappa shape index (κ3) is 4.85. The maximum atomic E-state index is 4.20. The fraction of sp³-hybridized carbons (Fsp3) is 0.636. The monoisotopic (exact) mass is 208 g/mol. The van der Waals surface area contributed by atoms with Crippen molar-refractivity contribution in [2.75, 3.05) is 27.2 Å². The van der Waals surface area contributed by atoms with Gasteiger partial charge in [-0.25, -0.2) is 9.97 Å². The van der Waals surface area contributed by atoms with E-state index in [9.17, 15) is 0 Å². The molecule has 84 valence electrons. The van der Waals surface area contributed by atoms with E-state index in [0.29, 0.717) is 5.92 Å². The second-order valence-corrected chi connectivity index (χ2v) is 4.02. The highest BCUT2D eigenvalue weighted by Gasteiger charge is 2.06. The molecular formula is C11H20N4. The van der Waals surface area contributed by atoms with E-state index >= 15 is 0 Å². The van der Waals surface area contributed by atoms with Crippen molar-refractivity contribution in [1.82, 2.24) is 20.2 Å². The molecule has 0 aliphatic rings. The summed E-state index contributed by atoms with van der Waals surface area (Å²) in [5.74, 6) is 1.53. The molecule has 0 saturated carbocycles. The normalized spacial score (nSPS) is 13.1. The fourth-order valence-corrected chi connectivity index (χ4v) is 1.66. The topological polar surface area (TPSA) is 41.0 Å². The maximum absolute atomic E-state index is 4.20. The molecule has 1 aromatic rings. The van der Waals surface area contributed by atoms with Gasteiger partial charge < -0.3 is 5.32 Å². The number of nitrogens with zero attached hydrogens (tertiary/aromatic N) is 3. The standard InChI is InChI=1S/C11H20N4/c1-10(7-12-2)8-15(3)9-11-13-5-4-6-14-11/h4-6,10,12H,7-9H2,1-3H3. The highest BCUT2D eigenvalue weighted by atomic mass is 15.1. The molecule has 0 fully saturated rings. The summed E-state index contributed by atoms with van der Waals surface area (Å²) in [5.41, 5.74) is 0.